The van der Waals surface area contributed by atoms with Gasteiger partial charge in [0.05, 0.1) is 0 Å². The number of halogens is 2. The molecule has 0 saturated carbocycles. The number of aryl methyl sites for hydroxylation is 1. The normalized spacial score (nSPS) is 11.9. The summed E-state index contributed by atoms with van der Waals surface area (Å²) in [6, 6.07) is 1.52. The summed E-state index contributed by atoms with van der Waals surface area (Å²) < 4.78 is 13.6. The van der Waals surface area contributed by atoms with Crippen molar-refractivity contribution < 1.29 is 4.39 Å². The van der Waals surface area contributed by atoms with E-state index in [1.807, 2.05) is 13.0 Å². The van der Waals surface area contributed by atoms with Gasteiger partial charge in [0.25, 0.3) is 0 Å². The molecule has 0 aliphatic carbocycles. The van der Waals surface area contributed by atoms with Gasteiger partial charge in [-0.2, -0.15) is 0 Å². The minimum atomic E-state index is -0.321. The Bertz CT molecular complexity index is 457. The van der Waals surface area contributed by atoms with Crippen molar-refractivity contribution in [1.82, 2.24) is 4.98 Å². The molecule has 0 saturated heterocycles. The van der Waals surface area contributed by atoms with Crippen LogP contribution in [0.25, 0.3) is 6.08 Å². The summed E-state index contributed by atoms with van der Waals surface area (Å²) in [5.41, 5.74) is 2.97. The highest BCUT2D eigenvalue weighted by Crippen LogP contribution is 2.27. The number of pyridine rings is 1. The van der Waals surface area contributed by atoms with Crippen LogP contribution < -0.4 is 0 Å². The van der Waals surface area contributed by atoms with Crippen LogP contribution in [-0.2, 0) is 0 Å². The molecular formula is C17H27BrFN. The SMILES string of the molecule is C/C(=C\c1cc(F)c(Br)nc1C)C(C)(C)C.CCCC. The summed E-state index contributed by atoms with van der Waals surface area (Å²) >= 11 is 3.08. The lowest BCUT2D eigenvalue weighted by Gasteiger charge is -2.19. The average Bonchev–Trinajstić information content (AvgIpc) is 2.35. The Hall–Kier alpha value is -0.700. The Kier molecular flexibility index (Phi) is 8.26. The van der Waals surface area contributed by atoms with Gasteiger partial charge in [0.15, 0.2) is 5.82 Å². The molecule has 0 aliphatic heterocycles. The van der Waals surface area contributed by atoms with E-state index in [2.05, 4.69) is 62.5 Å². The van der Waals surface area contributed by atoms with E-state index in [1.165, 1.54) is 24.5 Å². The van der Waals surface area contributed by atoms with E-state index in [9.17, 15) is 4.39 Å². The molecule has 0 amide bonds. The zero-order chi connectivity index (χ0) is 15.9. The van der Waals surface area contributed by atoms with Crippen molar-refractivity contribution >= 4 is 22.0 Å². The van der Waals surface area contributed by atoms with Crippen molar-refractivity contribution in [3.8, 4) is 0 Å². The maximum atomic E-state index is 13.4. The van der Waals surface area contributed by atoms with E-state index >= 15 is 0 Å². The lowest BCUT2D eigenvalue weighted by molar-refractivity contribution is 0.508. The molecule has 0 aromatic carbocycles. The summed E-state index contributed by atoms with van der Waals surface area (Å²) in [6.07, 6.45) is 4.64. The highest BCUT2D eigenvalue weighted by Gasteiger charge is 2.13. The third-order valence-corrected chi connectivity index (χ3v) is 3.77. The highest BCUT2D eigenvalue weighted by molar-refractivity contribution is 9.10. The predicted molar refractivity (Wildman–Crippen MR) is 90.3 cm³/mol. The molecule has 0 atom stereocenters. The number of rotatable bonds is 2. The van der Waals surface area contributed by atoms with Gasteiger partial charge >= 0.3 is 0 Å². The number of hydrogen-bond acceptors (Lipinski definition) is 1. The van der Waals surface area contributed by atoms with Crippen molar-refractivity contribution in [2.75, 3.05) is 0 Å². The summed E-state index contributed by atoms with van der Waals surface area (Å²) in [5.74, 6) is -0.321. The van der Waals surface area contributed by atoms with Gasteiger partial charge in [-0.25, -0.2) is 9.37 Å². The van der Waals surface area contributed by atoms with Crippen LogP contribution in [0.4, 0.5) is 4.39 Å². The largest absolute Gasteiger partial charge is 0.243 e. The Labute approximate surface area is 131 Å². The van der Waals surface area contributed by atoms with E-state index in [0.717, 1.165) is 11.3 Å². The van der Waals surface area contributed by atoms with E-state index in [-0.39, 0.29) is 15.8 Å². The van der Waals surface area contributed by atoms with E-state index in [1.54, 1.807) is 0 Å². The Balaban J connectivity index is 0.000000796. The van der Waals surface area contributed by atoms with Gasteiger partial charge in [0, 0.05) is 5.69 Å². The lowest BCUT2D eigenvalue weighted by Crippen LogP contribution is -2.06. The minimum Gasteiger partial charge on any atom is -0.243 e. The molecule has 0 bridgehead atoms. The minimum absolute atomic E-state index is 0.0932. The second-order valence-electron chi connectivity index (χ2n) is 6.01. The summed E-state index contributed by atoms with van der Waals surface area (Å²) in [6.45, 7) is 14.7. The second-order valence-corrected chi connectivity index (χ2v) is 6.76. The van der Waals surface area contributed by atoms with Crippen molar-refractivity contribution in [3.05, 3.63) is 33.3 Å². The van der Waals surface area contributed by atoms with Crippen molar-refractivity contribution in [1.29, 1.82) is 0 Å². The first-order chi connectivity index (χ1) is 9.13. The molecule has 1 aromatic heterocycles. The fourth-order valence-corrected chi connectivity index (χ4v) is 1.54. The first kappa shape index (κ1) is 19.3. The van der Waals surface area contributed by atoms with E-state index in [4.69, 9.17) is 0 Å². The third-order valence-electron chi connectivity index (χ3n) is 3.22. The van der Waals surface area contributed by atoms with E-state index in [0.29, 0.717) is 0 Å². The van der Waals surface area contributed by atoms with Crippen molar-refractivity contribution in [2.45, 2.75) is 61.3 Å². The maximum absolute atomic E-state index is 13.4. The second kappa shape index (κ2) is 8.56. The molecular weight excluding hydrogens is 317 g/mol. The number of allylic oxidation sites excluding steroid dienone is 1. The van der Waals surface area contributed by atoms with Gasteiger partial charge in [0.2, 0.25) is 0 Å². The van der Waals surface area contributed by atoms with Gasteiger partial charge in [-0.15, -0.1) is 0 Å². The Morgan fingerprint density at radius 2 is 1.80 bits per heavy atom. The fourth-order valence-electron chi connectivity index (χ4n) is 1.16. The Morgan fingerprint density at radius 1 is 1.30 bits per heavy atom. The lowest BCUT2D eigenvalue weighted by atomic mass is 9.86. The van der Waals surface area contributed by atoms with Crippen LogP contribution in [0.15, 0.2) is 16.2 Å². The molecule has 3 heteroatoms. The molecule has 1 heterocycles. The van der Waals surface area contributed by atoms with Crippen LogP contribution in [0.5, 0.6) is 0 Å². The topological polar surface area (TPSA) is 12.9 Å². The molecule has 0 unspecified atom stereocenters. The third kappa shape index (κ3) is 6.65. The first-order valence-corrected chi connectivity index (χ1v) is 7.94. The smallest absolute Gasteiger partial charge is 0.156 e. The fraction of sp³-hybridized carbons (Fsp3) is 0.588. The molecule has 1 rings (SSSR count). The highest BCUT2D eigenvalue weighted by atomic mass is 79.9. The molecule has 0 fully saturated rings. The number of hydrogen-bond donors (Lipinski definition) is 0. The summed E-state index contributed by atoms with van der Waals surface area (Å²) in [4.78, 5) is 4.11. The molecule has 20 heavy (non-hydrogen) atoms. The van der Waals surface area contributed by atoms with Crippen LogP contribution in [0, 0.1) is 18.2 Å². The monoisotopic (exact) mass is 343 g/mol. The predicted octanol–water partition coefficient (Wildman–Crippen LogP) is 6.55. The average molecular weight is 344 g/mol. The summed E-state index contributed by atoms with van der Waals surface area (Å²) in [5, 5.41) is 0. The van der Waals surface area contributed by atoms with Gasteiger partial charge in [-0.3, -0.25) is 0 Å². The van der Waals surface area contributed by atoms with Crippen molar-refractivity contribution in [2.24, 2.45) is 5.41 Å². The first-order valence-electron chi connectivity index (χ1n) is 7.14. The summed E-state index contributed by atoms with van der Waals surface area (Å²) in [7, 11) is 0. The van der Waals surface area contributed by atoms with Gasteiger partial charge in [-0.1, -0.05) is 59.1 Å². The quantitative estimate of drug-likeness (QED) is 0.555. The van der Waals surface area contributed by atoms with Gasteiger partial charge in [-0.05, 0) is 46.8 Å². The number of nitrogens with zero attached hydrogens (tertiary/aromatic N) is 1. The van der Waals surface area contributed by atoms with Crippen LogP contribution in [0.2, 0.25) is 0 Å². The number of aromatic nitrogens is 1. The standard InChI is InChI=1S/C13H17BrFN.C4H10/c1-8(13(3,4)5)6-10-7-11(15)12(14)16-9(10)2;1-3-4-2/h6-7H,1-5H3;3-4H2,1-2H3/b8-6+;. The zero-order valence-corrected chi connectivity index (χ0v) is 15.4. The molecule has 1 aromatic rings. The van der Waals surface area contributed by atoms with E-state index < -0.39 is 0 Å². The van der Waals surface area contributed by atoms with Crippen LogP contribution in [0.3, 0.4) is 0 Å². The van der Waals surface area contributed by atoms with Crippen LogP contribution in [-0.4, -0.2) is 4.98 Å². The molecule has 0 aliphatic rings. The van der Waals surface area contributed by atoms with Gasteiger partial charge < -0.3 is 0 Å². The Morgan fingerprint density at radius 3 is 2.20 bits per heavy atom. The molecule has 0 spiro atoms. The van der Waals surface area contributed by atoms with Crippen molar-refractivity contribution in [3.63, 3.8) is 0 Å². The molecule has 1 nitrogen and oxygen atoms in total. The molecule has 0 N–H and O–H groups in total. The van der Waals surface area contributed by atoms with Crippen LogP contribution in [0.1, 0.15) is 65.6 Å². The van der Waals surface area contributed by atoms with Gasteiger partial charge in [0.1, 0.15) is 4.60 Å². The van der Waals surface area contributed by atoms with Crippen LogP contribution >= 0.6 is 15.9 Å². The zero-order valence-electron chi connectivity index (χ0n) is 13.8. The maximum Gasteiger partial charge on any atom is 0.156 e. The molecule has 114 valence electrons. The molecule has 0 radical (unpaired) electrons. The number of unbranched alkanes of at least 4 members (excludes halogenated alkanes) is 1.